The van der Waals surface area contributed by atoms with Crippen molar-refractivity contribution >= 4 is 32.8 Å². The number of nitrogens with zero attached hydrogens (tertiary/aromatic N) is 4. The molecule has 1 N–H and O–H groups in total. The van der Waals surface area contributed by atoms with Crippen molar-refractivity contribution < 1.29 is 17.6 Å². The van der Waals surface area contributed by atoms with Gasteiger partial charge in [-0.25, -0.2) is 17.8 Å². The number of fused-ring (bicyclic) bond motifs is 1. The molecule has 3 aromatic rings. The monoisotopic (exact) mass is 591 g/mol. The average molecular weight is 592 g/mol. The highest BCUT2D eigenvalue weighted by atomic mass is 32.2. The van der Waals surface area contributed by atoms with Crippen molar-refractivity contribution in [3.05, 3.63) is 54.1 Å². The molecule has 8 nitrogen and oxygen atoms in total. The number of thiazole rings is 1. The van der Waals surface area contributed by atoms with Gasteiger partial charge >= 0.3 is 0 Å². The number of hydrogen-bond donors (Lipinski definition) is 1. The fourth-order valence-electron chi connectivity index (χ4n) is 6.37. The summed E-state index contributed by atoms with van der Waals surface area (Å²) in [4.78, 5) is 26.0. The lowest BCUT2D eigenvalue weighted by Gasteiger charge is -2.31. The third kappa shape index (κ3) is 5.24. The number of halogens is 1. The van der Waals surface area contributed by atoms with Crippen LogP contribution in [0.3, 0.4) is 0 Å². The van der Waals surface area contributed by atoms with Crippen molar-refractivity contribution in [2.24, 2.45) is 17.8 Å². The number of aromatic nitrogens is 2. The molecule has 2 aromatic heterocycles. The lowest BCUT2D eigenvalue weighted by atomic mass is 9.76. The Kier molecular flexibility index (Phi) is 6.39. The first-order valence-corrected chi connectivity index (χ1v) is 16.8. The zero-order valence-corrected chi connectivity index (χ0v) is 24.1. The van der Waals surface area contributed by atoms with Crippen molar-refractivity contribution in [1.82, 2.24) is 15.3 Å². The van der Waals surface area contributed by atoms with E-state index in [2.05, 4.69) is 21.3 Å². The molecule has 1 saturated heterocycles. The van der Waals surface area contributed by atoms with Crippen LogP contribution in [-0.4, -0.2) is 54.4 Å². The lowest BCUT2D eigenvalue weighted by molar-refractivity contribution is -0.127. The second kappa shape index (κ2) is 9.88. The number of anilines is 1. The summed E-state index contributed by atoms with van der Waals surface area (Å²) in [5.41, 5.74) is 2.65. The number of nitrogens with one attached hydrogen (secondary N) is 1. The van der Waals surface area contributed by atoms with Crippen LogP contribution in [0.2, 0.25) is 0 Å². The molecule has 0 spiro atoms. The molecule has 0 bridgehead atoms. The lowest BCUT2D eigenvalue weighted by Crippen LogP contribution is -2.43. The molecule has 3 aliphatic carbocycles. The molecule has 2 unspecified atom stereocenters. The first kappa shape index (κ1) is 26.5. The summed E-state index contributed by atoms with van der Waals surface area (Å²) in [6, 6.07) is 13.4. The molecule has 4 atom stereocenters. The molecule has 1 aromatic carbocycles. The number of sulfone groups is 1. The summed E-state index contributed by atoms with van der Waals surface area (Å²) in [5.74, 6) is 0.596. The van der Waals surface area contributed by atoms with Gasteiger partial charge in [-0.1, -0.05) is 12.1 Å². The first-order valence-electron chi connectivity index (χ1n) is 14.1. The van der Waals surface area contributed by atoms with Crippen molar-refractivity contribution in [2.45, 2.75) is 43.6 Å². The molecular weight excluding hydrogens is 561 g/mol. The van der Waals surface area contributed by atoms with E-state index in [-0.39, 0.29) is 29.2 Å². The van der Waals surface area contributed by atoms with E-state index in [1.807, 2.05) is 24.3 Å². The zero-order valence-electron chi connectivity index (χ0n) is 22.4. The minimum atomic E-state index is -2.97. The predicted octanol–water partition coefficient (Wildman–Crippen LogP) is 4.55. The third-order valence-electron chi connectivity index (χ3n) is 9.12. The first-order chi connectivity index (χ1) is 19.7. The van der Waals surface area contributed by atoms with Crippen LogP contribution in [0.5, 0.6) is 0 Å². The summed E-state index contributed by atoms with van der Waals surface area (Å²) in [6.45, 7) is 0.943. The van der Waals surface area contributed by atoms with E-state index in [1.165, 1.54) is 23.6 Å². The zero-order chi connectivity index (χ0) is 28.4. The summed E-state index contributed by atoms with van der Waals surface area (Å²) in [6.07, 6.45) is 5.35. The van der Waals surface area contributed by atoms with Gasteiger partial charge in [0.1, 0.15) is 16.4 Å². The minimum Gasteiger partial charge on any atom is -0.369 e. The molecule has 3 heterocycles. The maximum atomic E-state index is 13.6. The van der Waals surface area contributed by atoms with Gasteiger partial charge < -0.3 is 10.2 Å². The van der Waals surface area contributed by atoms with Gasteiger partial charge in [0.25, 0.3) is 0 Å². The number of hydrogen-bond acceptors (Lipinski definition) is 8. The molecule has 1 aliphatic heterocycles. The molecular formula is C30H30FN5O3S2. The maximum Gasteiger partial charge on any atom is 0.225 e. The van der Waals surface area contributed by atoms with Gasteiger partial charge in [0.05, 0.1) is 40.0 Å². The van der Waals surface area contributed by atoms with Gasteiger partial charge in [0.15, 0.2) is 9.84 Å². The molecule has 11 heteroatoms. The number of benzene rings is 1. The Balaban J connectivity index is 1.24. The maximum absolute atomic E-state index is 13.6. The number of amides is 1. The van der Waals surface area contributed by atoms with E-state index in [1.54, 1.807) is 6.07 Å². The van der Waals surface area contributed by atoms with Gasteiger partial charge in [-0.3, -0.25) is 9.78 Å². The van der Waals surface area contributed by atoms with Crippen molar-refractivity contribution in [2.75, 3.05) is 29.5 Å². The van der Waals surface area contributed by atoms with E-state index in [4.69, 9.17) is 4.98 Å². The fourth-order valence-corrected chi connectivity index (χ4v) is 8.69. The van der Waals surface area contributed by atoms with E-state index in [9.17, 15) is 22.9 Å². The van der Waals surface area contributed by atoms with Crippen molar-refractivity contribution in [3.8, 4) is 27.2 Å². The quantitative estimate of drug-likeness (QED) is 0.447. The Hall–Kier alpha value is -3.36. The van der Waals surface area contributed by atoms with Crippen LogP contribution < -0.4 is 10.2 Å². The van der Waals surface area contributed by atoms with Gasteiger partial charge in [0, 0.05) is 30.6 Å². The molecule has 1 amide bonds. The highest BCUT2D eigenvalue weighted by Gasteiger charge is 2.53. The molecule has 7 rings (SSSR count). The Bertz CT molecular complexity index is 1630. The Labute approximate surface area is 242 Å². The number of nitriles is 1. The van der Waals surface area contributed by atoms with Crippen LogP contribution in [-0.2, 0) is 14.6 Å². The largest absolute Gasteiger partial charge is 0.369 e. The summed E-state index contributed by atoms with van der Waals surface area (Å²) in [7, 11) is -2.97. The van der Waals surface area contributed by atoms with Gasteiger partial charge in [0.2, 0.25) is 5.91 Å². The third-order valence-corrected chi connectivity index (χ3v) is 11.9. The molecule has 3 saturated carbocycles. The minimum absolute atomic E-state index is 0.0600. The molecule has 41 heavy (non-hydrogen) atoms. The van der Waals surface area contributed by atoms with Crippen LogP contribution in [0, 0.1) is 34.9 Å². The Morgan fingerprint density at radius 3 is 2.46 bits per heavy atom. The van der Waals surface area contributed by atoms with E-state index < -0.39 is 21.2 Å². The second-order valence-electron chi connectivity index (χ2n) is 11.9. The average Bonchev–Trinajstić information content (AvgIpc) is 3.88. The summed E-state index contributed by atoms with van der Waals surface area (Å²) in [5, 5.41) is 13.3. The van der Waals surface area contributed by atoms with E-state index in [0.717, 1.165) is 41.1 Å². The van der Waals surface area contributed by atoms with Crippen LogP contribution in [0.1, 0.15) is 43.7 Å². The topological polar surface area (TPSA) is 116 Å². The van der Waals surface area contributed by atoms with Crippen molar-refractivity contribution in [1.29, 1.82) is 5.26 Å². The molecule has 4 fully saturated rings. The summed E-state index contributed by atoms with van der Waals surface area (Å²) < 4.78 is 37.4. The van der Waals surface area contributed by atoms with E-state index >= 15 is 0 Å². The molecule has 0 radical (unpaired) electrons. The van der Waals surface area contributed by atoms with Crippen LogP contribution >= 0.6 is 11.3 Å². The highest BCUT2D eigenvalue weighted by molar-refractivity contribution is 7.91. The number of carbonyl (C=O) groups excluding carboxylic acids is 1. The van der Waals surface area contributed by atoms with Gasteiger partial charge in [-0.15, -0.1) is 11.3 Å². The number of rotatable bonds is 6. The highest BCUT2D eigenvalue weighted by Crippen LogP contribution is 2.58. The number of carbonyl (C=O) groups is 1. The smallest absolute Gasteiger partial charge is 0.225 e. The van der Waals surface area contributed by atoms with Gasteiger partial charge in [-0.2, -0.15) is 5.26 Å². The molecule has 4 aliphatic rings. The predicted molar refractivity (Wildman–Crippen MR) is 154 cm³/mol. The number of pyridine rings is 1. The van der Waals surface area contributed by atoms with E-state index in [0.29, 0.717) is 48.5 Å². The normalized spacial score (nSPS) is 27.4. The molecule has 212 valence electrons. The second-order valence-corrected chi connectivity index (χ2v) is 15.2. The standard InChI is InChI=1S/C30H30FN5O3S2/c31-21-3-6-25(33-16-21)29-34-26(23-14-19-13-20(19)15-24(23)28(37)35-30(17-32)7-8-30)27(40-29)18-1-4-22(5-2-18)36-9-11-41(38,39)12-10-36/h1-6,16,19-20,23-24H,7-15H2,(H,35,37)/t19?,20?,23-,24-/m1/s1. The van der Waals surface area contributed by atoms with Crippen LogP contribution in [0.25, 0.3) is 21.1 Å². The van der Waals surface area contributed by atoms with Crippen LogP contribution in [0.4, 0.5) is 10.1 Å². The Morgan fingerprint density at radius 2 is 1.80 bits per heavy atom. The summed E-state index contributed by atoms with van der Waals surface area (Å²) >= 11 is 1.49. The van der Waals surface area contributed by atoms with Crippen LogP contribution in [0.15, 0.2) is 42.6 Å². The Morgan fingerprint density at radius 1 is 1.07 bits per heavy atom. The van der Waals surface area contributed by atoms with Crippen molar-refractivity contribution in [3.63, 3.8) is 0 Å². The SMILES string of the molecule is N#CC1(NC(=O)[C@@H]2CC3CC3C[C@H]2c2nc(-c3ccc(F)cn3)sc2-c2ccc(N3CCS(=O)(=O)CC3)cc2)CC1. The van der Waals surface area contributed by atoms with Gasteiger partial charge in [-0.05, 0) is 73.8 Å². The fraction of sp³-hybridized carbons (Fsp3) is 0.467.